The van der Waals surface area contributed by atoms with Crippen LogP contribution < -0.4 is 0 Å². The molecule has 148 valence electrons. The Morgan fingerprint density at radius 3 is 2.63 bits per heavy atom. The number of ether oxygens (including phenoxy) is 2. The first-order chi connectivity index (χ1) is 12.8. The molecule has 5 aliphatic rings. The summed E-state index contributed by atoms with van der Waals surface area (Å²) in [6.07, 6.45) is 3.01. The van der Waals surface area contributed by atoms with E-state index in [1.54, 1.807) is 0 Å². The van der Waals surface area contributed by atoms with Crippen LogP contribution in [-0.4, -0.2) is 41.3 Å². The first kappa shape index (κ1) is 18.9. The lowest BCUT2D eigenvalue weighted by Gasteiger charge is -2.53. The largest absolute Gasteiger partial charge is 0.458 e. The number of carbonyl (C=O) groups excluding carboxylic acids is 2. The average Bonchev–Trinajstić information content (AvgIpc) is 3.27. The smallest absolute Gasteiger partial charge is 0.334 e. The molecule has 0 aromatic heterocycles. The minimum Gasteiger partial charge on any atom is -0.458 e. The third-order valence-corrected chi connectivity index (χ3v) is 7.54. The molecule has 1 N–H and O–H groups in total. The molecule has 27 heavy (non-hydrogen) atoms. The number of ketones is 1. The molecule has 5 nitrogen and oxygen atoms in total. The Labute approximate surface area is 160 Å². The third kappa shape index (κ3) is 2.18. The molecule has 1 spiro atoms. The standard InChI is InChI=1S/C20H24O5.C2H6/c1-9(2)11-7-15-20(25-15)17(22)12(16(11)21)6-14-13-8-24-18(23)10(13)4-5-19(14,20)3;1-2/h7,9,12,14-15,17,22H,4-6,8H2,1-3H3;1-2H3. The second kappa shape index (κ2) is 6.02. The van der Waals surface area contributed by atoms with Crippen molar-refractivity contribution in [2.24, 2.45) is 23.2 Å². The molecule has 1 saturated carbocycles. The van der Waals surface area contributed by atoms with Crippen molar-refractivity contribution in [1.82, 2.24) is 0 Å². The molecule has 2 bridgehead atoms. The highest BCUT2D eigenvalue weighted by Gasteiger charge is 2.77. The summed E-state index contributed by atoms with van der Waals surface area (Å²) in [7, 11) is 0. The minimum atomic E-state index is -0.779. The Bertz CT molecular complexity index is 763. The fraction of sp³-hybridized carbons (Fsp3) is 0.727. The quantitative estimate of drug-likeness (QED) is 0.564. The Kier molecular flexibility index (Phi) is 4.21. The monoisotopic (exact) mass is 374 g/mol. The van der Waals surface area contributed by atoms with E-state index in [2.05, 4.69) is 6.92 Å². The summed E-state index contributed by atoms with van der Waals surface area (Å²) >= 11 is 0. The summed E-state index contributed by atoms with van der Waals surface area (Å²) in [5.74, 6) is -0.435. The number of carbonyl (C=O) groups is 2. The van der Waals surface area contributed by atoms with Crippen LogP contribution in [0.25, 0.3) is 0 Å². The molecular formula is C22H30O5. The van der Waals surface area contributed by atoms with E-state index in [1.807, 2.05) is 33.8 Å². The number of allylic oxidation sites excluding steroid dienone is 1. The van der Waals surface area contributed by atoms with Crippen LogP contribution in [0.2, 0.25) is 0 Å². The van der Waals surface area contributed by atoms with Gasteiger partial charge in [0.1, 0.15) is 18.3 Å². The van der Waals surface area contributed by atoms with Crippen LogP contribution in [0.1, 0.15) is 53.9 Å². The van der Waals surface area contributed by atoms with Gasteiger partial charge in [-0.1, -0.05) is 34.6 Å². The number of cyclic esters (lactones) is 1. The Hall–Kier alpha value is -1.46. The van der Waals surface area contributed by atoms with Gasteiger partial charge in [0.2, 0.25) is 0 Å². The molecule has 2 aliphatic heterocycles. The van der Waals surface area contributed by atoms with Gasteiger partial charge < -0.3 is 14.6 Å². The molecule has 0 amide bonds. The van der Waals surface area contributed by atoms with E-state index in [0.717, 1.165) is 23.1 Å². The molecule has 5 rings (SSSR count). The van der Waals surface area contributed by atoms with E-state index in [1.165, 1.54) is 0 Å². The van der Waals surface area contributed by atoms with E-state index in [4.69, 9.17) is 9.47 Å². The summed E-state index contributed by atoms with van der Waals surface area (Å²) in [6.45, 7) is 10.5. The number of Topliss-reactive ketones (excluding diaryl/α,β-unsaturated/α-hetero) is 1. The minimum absolute atomic E-state index is 0.0534. The lowest BCUT2D eigenvalue weighted by atomic mass is 9.50. The van der Waals surface area contributed by atoms with Gasteiger partial charge in [0.05, 0.1) is 12.0 Å². The number of esters is 1. The molecule has 3 aliphatic carbocycles. The van der Waals surface area contributed by atoms with Gasteiger partial charge in [0.25, 0.3) is 0 Å². The van der Waals surface area contributed by atoms with Crippen LogP contribution in [0.15, 0.2) is 22.8 Å². The van der Waals surface area contributed by atoms with Crippen molar-refractivity contribution >= 4 is 11.8 Å². The number of rotatable bonds is 1. The first-order valence-electron chi connectivity index (χ1n) is 10.3. The molecule has 6 unspecified atom stereocenters. The predicted molar refractivity (Wildman–Crippen MR) is 99.8 cm³/mol. The molecular weight excluding hydrogens is 344 g/mol. The fourth-order valence-electron chi connectivity index (χ4n) is 6.07. The van der Waals surface area contributed by atoms with Crippen molar-refractivity contribution in [3.63, 3.8) is 0 Å². The van der Waals surface area contributed by atoms with Crippen LogP contribution in [0.3, 0.4) is 0 Å². The molecule has 2 fully saturated rings. The van der Waals surface area contributed by atoms with Gasteiger partial charge in [-0.05, 0) is 48.3 Å². The zero-order chi connectivity index (χ0) is 19.7. The van der Waals surface area contributed by atoms with Crippen LogP contribution >= 0.6 is 0 Å². The van der Waals surface area contributed by atoms with Crippen molar-refractivity contribution in [3.8, 4) is 0 Å². The Morgan fingerprint density at radius 2 is 1.96 bits per heavy atom. The van der Waals surface area contributed by atoms with Gasteiger partial charge in [-0.3, -0.25) is 4.79 Å². The molecule has 0 aromatic carbocycles. The SMILES string of the molecule is CC.CC(C)C1=CC2OC23C(O)C(CC2C4=C(CCC23C)C(=O)OC4)C1=O. The normalized spacial score (nSPS) is 44.3. The van der Waals surface area contributed by atoms with E-state index in [9.17, 15) is 14.7 Å². The van der Waals surface area contributed by atoms with Crippen molar-refractivity contribution in [2.45, 2.75) is 71.7 Å². The summed E-state index contributed by atoms with van der Waals surface area (Å²) < 4.78 is 11.5. The highest BCUT2D eigenvalue weighted by atomic mass is 16.6. The highest BCUT2D eigenvalue weighted by Crippen LogP contribution is 2.69. The van der Waals surface area contributed by atoms with Gasteiger partial charge in [0, 0.05) is 11.0 Å². The average molecular weight is 374 g/mol. The predicted octanol–water partition coefficient (Wildman–Crippen LogP) is 2.97. The van der Waals surface area contributed by atoms with Gasteiger partial charge in [-0.25, -0.2) is 4.79 Å². The lowest BCUT2D eigenvalue weighted by Crippen LogP contribution is -2.60. The summed E-state index contributed by atoms with van der Waals surface area (Å²) in [4.78, 5) is 25.1. The fourth-order valence-corrected chi connectivity index (χ4v) is 6.07. The Balaban J connectivity index is 0.000000872. The van der Waals surface area contributed by atoms with Gasteiger partial charge in [-0.2, -0.15) is 0 Å². The topological polar surface area (TPSA) is 76.1 Å². The lowest BCUT2D eigenvalue weighted by molar-refractivity contribution is -0.141. The summed E-state index contributed by atoms with van der Waals surface area (Å²) in [5.41, 5.74) is 1.66. The number of hydrogen-bond acceptors (Lipinski definition) is 5. The summed E-state index contributed by atoms with van der Waals surface area (Å²) in [5, 5.41) is 11.1. The number of aliphatic hydroxyl groups is 1. The number of epoxide rings is 1. The van der Waals surface area contributed by atoms with E-state index in [-0.39, 0.29) is 35.1 Å². The van der Waals surface area contributed by atoms with Gasteiger partial charge >= 0.3 is 5.97 Å². The highest BCUT2D eigenvalue weighted by molar-refractivity contribution is 5.99. The van der Waals surface area contributed by atoms with Gasteiger partial charge in [0.15, 0.2) is 5.78 Å². The van der Waals surface area contributed by atoms with Crippen LogP contribution in [-0.2, 0) is 19.1 Å². The van der Waals surface area contributed by atoms with Crippen LogP contribution in [0.5, 0.6) is 0 Å². The maximum atomic E-state index is 13.1. The van der Waals surface area contributed by atoms with Crippen molar-refractivity contribution in [3.05, 3.63) is 22.8 Å². The number of hydrogen-bond donors (Lipinski definition) is 1. The molecule has 2 heterocycles. The molecule has 5 heteroatoms. The van der Waals surface area contributed by atoms with Gasteiger partial charge in [-0.15, -0.1) is 0 Å². The second-order valence-electron chi connectivity index (χ2n) is 8.81. The maximum absolute atomic E-state index is 13.1. The van der Waals surface area contributed by atoms with Crippen molar-refractivity contribution < 1.29 is 24.2 Å². The molecule has 6 atom stereocenters. The Morgan fingerprint density at radius 1 is 1.26 bits per heavy atom. The molecule has 0 radical (unpaired) electrons. The zero-order valence-corrected chi connectivity index (χ0v) is 16.9. The van der Waals surface area contributed by atoms with Crippen LogP contribution in [0, 0.1) is 23.2 Å². The third-order valence-electron chi connectivity index (χ3n) is 7.54. The zero-order valence-electron chi connectivity index (χ0n) is 16.9. The number of aliphatic hydroxyl groups excluding tert-OH is 1. The van der Waals surface area contributed by atoms with Crippen LogP contribution in [0.4, 0.5) is 0 Å². The van der Waals surface area contributed by atoms with E-state index < -0.39 is 17.6 Å². The molecule has 1 saturated heterocycles. The first-order valence-corrected chi connectivity index (χ1v) is 10.3. The van der Waals surface area contributed by atoms with E-state index in [0.29, 0.717) is 19.4 Å². The second-order valence-corrected chi connectivity index (χ2v) is 8.81. The summed E-state index contributed by atoms with van der Waals surface area (Å²) in [6, 6.07) is 0. The van der Waals surface area contributed by atoms with E-state index >= 15 is 0 Å². The van der Waals surface area contributed by atoms with Crippen molar-refractivity contribution in [2.75, 3.05) is 6.61 Å². The van der Waals surface area contributed by atoms with Crippen molar-refractivity contribution in [1.29, 1.82) is 0 Å². The number of fused-ring (bicyclic) bond motifs is 3. The maximum Gasteiger partial charge on any atom is 0.334 e. The molecule has 0 aromatic rings.